The van der Waals surface area contributed by atoms with Crippen molar-refractivity contribution in [1.82, 2.24) is 10.6 Å². The molecule has 1 aliphatic rings. The fourth-order valence-electron chi connectivity index (χ4n) is 2.36. The Balaban J connectivity index is 1.95. The summed E-state index contributed by atoms with van der Waals surface area (Å²) in [5.41, 5.74) is 0. The van der Waals surface area contributed by atoms with Crippen molar-refractivity contribution in [2.45, 2.75) is 58.0 Å². The minimum Gasteiger partial charge on any atom is -0.396 e. The number of nitrogens with one attached hydrogen (secondary N) is 2. The van der Waals surface area contributed by atoms with Crippen molar-refractivity contribution in [3.63, 3.8) is 0 Å². The summed E-state index contributed by atoms with van der Waals surface area (Å²) in [7, 11) is 0. The smallest absolute Gasteiger partial charge is 0.0456 e. The first-order valence-corrected chi connectivity index (χ1v) is 6.80. The molecule has 3 atom stereocenters. The molecule has 1 rings (SSSR count). The van der Waals surface area contributed by atoms with Crippen molar-refractivity contribution in [2.75, 3.05) is 19.7 Å². The fraction of sp³-hybridized carbons (Fsp3) is 1.00. The summed E-state index contributed by atoms with van der Waals surface area (Å²) < 4.78 is 0. The van der Waals surface area contributed by atoms with E-state index in [1.54, 1.807) is 0 Å². The van der Waals surface area contributed by atoms with Gasteiger partial charge < -0.3 is 15.7 Å². The molecule has 0 saturated carbocycles. The van der Waals surface area contributed by atoms with Gasteiger partial charge in [0.25, 0.3) is 0 Å². The first-order chi connectivity index (χ1) is 7.72. The van der Waals surface area contributed by atoms with Gasteiger partial charge in [0.15, 0.2) is 0 Å². The van der Waals surface area contributed by atoms with Crippen LogP contribution in [0.3, 0.4) is 0 Å². The summed E-state index contributed by atoms with van der Waals surface area (Å²) in [5, 5.41) is 16.0. The predicted molar refractivity (Wildman–Crippen MR) is 68.6 cm³/mol. The van der Waals surface area contributed by atoms with Crippen LogP contribution in [0.5, 0.6) is 0 Å². The molecule has 0 aromatic heterocycles. The van der Waals surface area contributed by atoms with Crippen LogP contribution in [0, 0.1) is 5.92 Å². The highest BCUT2D eigenvalue weighted by molar-refractivity contribution is 4.78. The topological polar surface area (TPSA) is 44.3 Å². The molecule has 0 radical (unpaired) electrons. The monoisotopic (exact) mass is 228 g/mol. The predicted octanol–water partition coefficient (Wildman–Crippen LogP) is 1.52. The van der Waals surface area contributed by atoms with Gasteiger partial charge in [0.05, 0.1) is 0 Å². The van der Waals surface area contributed by atoms with E-state index in [-0.39, 0.29) is 0 Å². The summed E-state index contributed by atoms with van der Waals surface area (Å²) in [6.45, 7) is 6.98. The third-order valence-corrected chi connectivity index (χ3v) is 3.48. The Hall–Kier alpha value is -0.120. The normalized spacial score (nSPS) is 24.6. The lowest BCUT2D eigenvalue weighted by molar-refractivity contribution is 0.227. The third kappa shape index (κ3) is 5.83. The van der Waals surface area contributed by atoms with E-state index in [9.17, 15) is 0 Å². The molecule has 1 saturated heterocycles. The Kier molecular flexibility index (Phi) is 7.01. The quantitative estimate of drug-likeness (QED) is 0.552. The second-order valence-corrected chi connectivity index (χ2v) is 5.31. The zero-order valence-corrected chi connectivity index (χ0v) is 10.8. The highest BCUT2D eigenvalue weighted by Crippen LogP contribution is 2.11. The van der Waals surface area contributed by atoms with Gasteiger partial charge in [-0.3, -0.25) is 0 Å². The summed E-state index contributed by atoms with van der Waals surface area (Å²) >= 11 is 0. The van der Waals surface area contributed by atoms with Crippen LogP contribution >= 0.6 is 0 Å². The fourth-order valence-corrected chi connectivity index (χ4v) is 2.36. The lowest BCUT2D eigenvalue weighted by Crippen LogP contribution is -2.34. The van der Waals surface area contributed by atoms with Gasteiger partial charge in [-0.05, 0) is 58.0 Å². The lowest BCUT2D eigenvalue weighted by atomic mass is 10.1. The average molecular weight is 228 g/mol. The van der Waals surface area contributed by atoms with Crippen LogP contribution < -0.4 is 10.6 Å². The van der Waals surface area contributed by atoms with Crippen LogP contribution in [0.15, 0.2) is 0 Å². The maximum Gasteiger partial charge on any atom is 0.0456 e. The molecule has 96 valence electrons. The van der Waals surface area contributed by atoms with Crippen LogP contribution in [-0.2, 0) is 0 Å². The summed E-state index contributed by atoms with van der Waals surface area (Å²) in [6.07, 6.45) is 6.22. The van der Waals surface area contributed by atoms with Crippen LogP contribution in [0.4, 0.5) is 0 Å². The first kappa shape index (κ1) is 13.9. The van der Waals surface area contributed by atoms with Crippen LogP contribution in [0.25, 0.3) is 0 Å². The molecule has 0 aromatic carbocycles. The zero-order valence-electron chi connectivity index (χ0n) is 10.8. The molecule has 16 heavy (non-hydrogen) atoms. The van der Waals surface area contributed by atoms with Crippen molar-refractivity contribution in [2.24, 2.45) is 5.92 Å². The van der Waals surface area contributed by atoms with Crippen molar-refractivity contribution in [1.29, 1.82) is 0 Å². The molecule has 0 aliphatic carbocycles. The standard InChI is InChI=1S/C13H28N2O/c1-11(10-16)5-3-7-14-12(2)9-13-6-4-8-15-13/h11-16H,3-10H2,1-2H3. The largest absolute Gasteiger partial charge is 0.396 e. The second-order valence-electron chi connectivity index (χ2n) is 5.31. The van der Waals surface area contributed by atoms with E-state index >= 15 is 0 Å². The molecular formula is C13H28N2O. The molecule has 0 spiro atoms. The van der Waals surface area contributed by atoms with Gasteiger partial charge in [0, 0.05) is 18.7 Å². The summed E-state index contributed by atoms with van der Waals surface area (Å²) in [6, 6.07) is 1.35. The SMILES string of the molecule is CC(CO)CCCNC(C)CC1CCCN1. The van der Waals surface area contributed by atoms with E-state index in [1.165, 1.54) is 32.2 Å². The molecule has 3 heteroatoms. The van der Waals surface area contributed by atoms with Gasteiger partial charge in [-0.15, -0.1) is 0 Å². The minimum atomic E-state index is 0.321. The number of aliphatic hydroxyl groups excluding tert-OH is 1. The molecule has 3 unspecified atom stereocenters. The van der Waals surface area contributed by atoms with E-state index in [1.807, 2.05) is 0 Å². The van der Waals surface area contributed by atoms with Gasteiger partial charge in [-0.25, -0.2) is 0 Å². The van der Waals surface area contributed by atoms with Crippen LogP contribution in [0.2, 0.25) is 0 Å². The van der Waals surface area contributed by atoms with Gasteiger partial charge in [-0.2, -0.15) is 0 Å². The number of hydrogen-bond acceptors (Lipinski definition) is 3. The summed E-state index contributed by atoms with van der Waals surface area (Å²) in [4.78, 5) is 0. The van der Waals surface area contributed by atoms with E-state index < -0.39 is 0 Å². The number of hydrogen-bond donors (Lipinski definition) is 3. The summed E-state index contributed by atoms with van der Waals surface area (Å²) in [5.74, 6) is 0.452. The van der Waals surface area contributed by atoms with E-state index in [0.717, 1.165) is 19.0 Å². The Morgan fingerprint density at radius 2 is 2.25 bits per heavy atom. The van der Waals surface area contributed by atoms with Crippen molar-refractivity contribution in [3.8, 4) is 0 Å². The van der Waals surface area contributed by atoms with E-state index in [2.05, 4.69) is 24.5 Å². The molecule has 0 bridgehead atoms. The lowest BCUT2D eigenvalue weighted by Gasteiger charge is -2.18. The molecule has 1 heterocycles. The number of rotatable bonds is 8. The molecule has 3 nitrogen and oxygen atoms in total. The molecule has 1 fully saturated rings. The Labute approximate surface area is 100 Å². The second kappa shape index (κ2) is 8.04. The van der Waals surface area contributed by atoms with E-state index in [4.69, 9.17) is 5.11 Å². The highest BCUT2D eigenvalue weighted by atomic mass is 16.3. The van der Waals surface area contributed by atoms with Gasteiger partial charge in [-0.1, -0.05) is 6.92 Å². The highest BCUT2D eigenvalue weighted by Gasteiger charge is 2.16. The molecule has 3 N–H and O–H groups in total. The van der Waals surface area contributed by atoms with Crippen molar-refractivity contribution in [3.05, 3.63) is 0 Å². The first-order valence-electron chi connectivity index (χ1n) is 6.80. The van der Waals surface area contributed by atoms with Crippen LogP contribution in [0.1, 0.15) is 46.0 Å². The van der Waals surface area contributed by atoms with Crippen molar-refractivity contribution >= 4 is 0 Å². The molecule has 0 aromatic rings. The molecular weight excluding hydrogens is 200 g/mol. The zero-order chi connectivity index (χ0) is 11.8. The third-order valence-electron chi connectivity index (χ3n) is 3.48. The van der Waals surface area contributed by atoms with Gasteiger partial charge in [0.2, 0.25) is 0 Å². The Morgan fingerprint density at radius 3 is 2.88 bits per heavy atom. The Bertz CT molecular complexity index is 169. The number of aliphatic hydroxyl groups is 1. The van der Waals surface area contributed by atoms with Crippen LogP contribution in [-0.4, -0.2) is 36.9 Å². The minimum absolute atomic E-state index is 0.321. The van der Waals surface area contributed by atoms with Gasteiger partial charge >= 0.3 is 0 Å². The Morgan fingerprint density at radius 1 is 1.44 bits per heavy atom. The van der Waals surface area contributed by atoms with Gasteiger partial charge in [0.1, 0.15) is 0 Å². The maximum atomic E-state index is 8.90. The maximum absolute atomic E-state index is 8.90. The van der Waals surface area contributed by atoms with E-state index in [0.29, 0.717) is 18.6 Å². The molecule has 0 amide bonds. The average Bonchev–Trinajstić information content (AvgIpc) is 2.76. The molecule has 1 aliphatic heterocycles. The van der Waals surface area contributed by atoms with Crippen molar-refractivity contribution < 1.29 is 5.11 Å².